The molecule has 1 N–H and O–H groups in total. The summed E-state index contributed by atoms with van der Waals surface area (Å²) in [7, 11) is 1.66. The normalized spacial score (nSPS) is 13.8. The number of fused-ring (bicyclic) bond motifs is 1. The van der Waals surface area contributed by atoms with Crippen molar-refractivity contribution in [3.05, 3.63) is 46.1 Å². The first-order valence-corrected chi connectivity index (χ1v) is 10.6. The molecular formula is C22H31N5O4. The van der Waals surface area contributed by atoms with Gasteiger partial charge in [-0.25, -0.2) is 14.3 Å². The molecule has 0 radical (unpaired) electrons. The number of carbonyl (C=O) groups excluding carboxylic acids is 2. The highest BCUT2D eigenvalue weighted by atomic mass is 16.6. The SMILES string of the molecule is CN(Cc1cccc(NC(=O)Cn2nc3n(c2=O)CCCCC3)c1)C(=O)OC(C)(C)C. The summed E-state index contributed by atoms with van der Waals surface area (Å²) in [6.07, 6.45) is 3.39. The van der Waals surface area contributed by atoms with Gasteiger partial charge in [-0.3, -0.25) is 9.36 Å². The Labute approximate surface area is 182 Å². The third-order valence-corrected chi connectivity index (χ3v) is 4.91. The van der Waals surface area contributed by atoms with Crippen LogP contribution in [0.2, 0.25) is 0 Å². The molecule has 1 aliphatic rings. The molecule has 0 spiro atoms. The second-order valence-electron chi connectivity index (χ2n) is 8.90. The summed E-state index contributed by atoms with van der Waals surface area (Å²) in [5.41, 5.74) is 0.635. The van der Waals surface area contributed by atoms with Crippen molar-refractivity contribution in [1.29, 1.82) is 0 Å². The van der Waals surface area contributed by atoms with E-state index in [1.54, 1.807) is 29.8 Å². The summed E-state index contributed by atoms with van der Waals surface area (Å²) in [5, 5.41) is 7.15. The maximum absolute atomic E-state index is 12.5. The minimum absolute atomic E-state index is 0.138. The number of rotatable bonds is 5. The first kappa shape index (κ1) is 22.6. The van der Waals surface area contributed by atoms with E-state index in [2.05, 4.69) is 10.4 Å². The molecular weight excluding hydrogens is 398 g/mol. The van der Waals surface area contributed by atoms with Crippen LogP contribution in [0.4, 0.5) is 10.5 Å². The Kier molecular flexibility index (Phi) is 6.82. The fourth-order valence-electron chi connectivity index (χ4n) is 3.49. The number of nitrogens with zero attached hydrogens (tertiary/aromatic N) is 4. The third kappa shape index (κ3) is 6.19. The standard InChI is InChI=1S/C22H31N5O4/c1-22(2,3)31-21(30)25(4)14-16-9-8-10-17(13-16)23-19(28)15-27-20(29)26-12-7-5-6-11-18(26)24-27/h8-10,13H,5-7,11-12,14-15H2,1-4H3,(H,23,28). The van der Waals surface area contributed by atoms with Crippen molar-refractivity contribution in [2.24, 2.45) is 0 Å². The van der Waals surface area contributed by atoms with Gasteiger partial charge in [0.15, 0.2) is 0 Å². The molecule has 2 amide bonds. The van der Waals surface area contributed by atoms with E-state index in [-0.39, 0.29) is 18.1 Å². The molecule has 0 saturated carbocycles. The Bertz CT molecular complexity index is 1000. The van der Waals surface area contributed by atoms with Crippen molar-refractivity contribution >= 4 is 17.7 Å². The Balaban J connectivity index is 1.61. The highest BCUT2D eigenvalue weighted by Gasteiger charge is 2.20. The van der Waals surface area contributed by atoms with Gasteiger partial charge in [-0.2, -0.15) is 5.10 Å². The molecule has 1 aliphatic heterocycles. The number of hydrogen-bond acceptors (Lipinski definition) is 5. The zero-order chi connectivity index (χ0) is 22.6. The van der Waals surface area contributed by atoms with Crippen molar-refractivity contribution in [2.45, 2.75) is 71.7 Å². The van der Waals surface area contributed by atoms with Crippen LogP contribution in [0, 0.1) is 0 Å². The van der Waals surface area contributed by atoms with E-state index in [4.69, 9.17) is 4.74 Å². The van der Waals surface area contributed by atoms with Crippen molar-refractivity contribution in [1.82, 2.24) is 19.2 Å². The van der Waals surface area contributed by atoms with Crippen LogP contribution in [0.1, 0.15) is 51.4 Å². The lowest BCUT2D eigenvalue weighted by atomic mass is 10.2. The highest BCUT2D eigenvalue weighted by Crippen LogP contribution is 2.15. The van der Waals surface area contributed by atoms with Gasteiger partial charge in [-0.15, -0.1) is 0 Å². The molecule has 0 unspecified atom stereocenters. The number of aromatic nitrogens is 3. The van der Waals surface area contributed by atoms with Crippen molar-refractivity contribution in [3.8, 4) is 0 Å². The van der Waals surface area contributed by atoms with Gasteiger partial charge in [0.05, 0.1) is 0 Å². The highest BCUT2D eigenvalue weighted by molar-refractivity contribution is 5.90. The summed E-state index contributed by atoms with van der Waals surface area (Å²) in [4.78, 5) is 38.7. The van der Waals surface area contributed by atoms with E-state index in [0.29, 0.717) is 18.8 Å². The molecule has 0 bridgehead atoms. The molecule has 0 fully saturated rings. The van der Waals surface area contributed by atoms with Gasteiger partial charge in [0, 0.05) is 32.2 Å². The molecule has 9 heteroatoms. The summed E-state index contributed by atoms with van der Waals surface area (Å²) in [6.45, 7) is 6.31. The van der Waals surface area contributed by atoms with Crippen LogP contribution >= 0.6 is 0 Å². The molecule has 0 aliphatic carbocycles. The molecule has 2 aromatic rings. The van der Waals surface area contributed by atoms with Gasteiger partial charge in [-0.1, -0.05) is 18.6 Å². The van der Waals surface area contributed by atoms with Crippen molar-refractivity contribution in [3.63, 3.8) is 0 Å². The number of aryl methyl sites for hydroxylation is 1. The zero-order valence-electron chi connectivity index (χ0n) is 18.7. The van der Waals surface area contributed by atoms with Gasteiger partial charge in [0.2, 0.25) is 5.91 Å². The van der Waals surface area contributed by atoms with E-state index in [9.17, 15) is 14.4 Å². The van der Waals surface area contributed by atoms with E-state index in [1.165, 1.54) is 9.58 Å². The molecule has 3 rings (SSSR count). The maximum Gasteiger partial charge on any atom is 0.410 e. The molecule has 168 valence electrons. The Hall–Kier alpha value is -3.10. The second kappa shape index (κ2) is 9.36. The van der Waals surface area contributed by atoms with Crippen LogP contribution in [-0.2, 0) is 35.6 Å². The molecule has 2 heterocycles. The summed E-state index contributed by atoms with van der Waals surface area (Å²) < 4.78 is 8.27. The van der Waals surface area contributed by atoms with Gasteiger partial charge in [0.25, 0.3) is 0 Å². The minimum Gasteiger partial charge on any atom is -0.444 e. The lowest BCUT2D eigenvalue weighted by Crippen LogP contribution is -2.33. The zero-order valence-corrected chi connectivity index (χ0v) is 18.7. The Morgan fingerprint density at radius 3 is 2.74 bits per heavy atom. The minimum atomic E-state index is -0.565. The van der Waals surface area contributed by atoms with Crippen molar-refractivity contribution in [2.75, 3.05) is 12.4 Å². The summed E-state index contributed by atoms with van der Waals surface area (Å²) in [5.74, 6) is 0.426. The number of anilines is 1. The van der Waals surface area contributed by atoms with E-state index in [1.807, 2.05) is 26.8 Å². The van der Waals surface area contributed by atoms with E-state index >= 15 is 0 Å². The van der Waals surface area contributed by atoms with Gasteiger partial charge < -0.3 is 15.0 Å². The molecule has 0 saturated heterocycles. The van der Waals surface area contributed by atoms with Crippen LogP contribution in [0.5, 0.6) is 0 Å². The number of benzene rings is 1. The first-order valence-electron chi connectivity index (χ1n) is 10.6. The number of nitrogens with one attached hydrogen (secondary N) is 1. The van der Waals surface area contributed by atoms with Crippen LogP contribution in [0.15, 0.2) is 29.1 Å². The maximum atomic E-state index is 12.5. The Morgan fingerprint density at radius 1 is 1.23 bits per heavy atom. The van der Waals surface area contributed by atoms with E-state index in [0.717, 1.165) is 37.1 Å². The number of hydrogen-bond donors (Lipinski definition) is 1. The molecule has 1 aromatic heterocycles. The topological polar surface area (TPSA) is 98.5 Å². The summed E-state index contributed by atoms with van der Waals surface area (Å²) in [6, 6.07) is 7.23. The molecule has 31 heavy (non-hydrogen) atoms. The number of amides is 2. The average Bonchev–Trinajstić information content (AvgIpc) is 2.83. The molecule has 1 aromatic carbocycles. The predicted molar refractivity (Wildman–Crippen MR) is 117 cm³/mol. The van der Waals surface area contributed by atoms with E-state index < -0.39 is 11.7 Å². The quantitative estimate of drug-likeness (QED) is 0.788. The molecule has 9 nitrogen and oxygen atoms in total. The lowest BCUT2D eigenvalue weighted by Gasteiger charge is -2.24. The second-order valence-corrected chi connectivity index (χ2v) is 8.90. The van der Waals surface area contributed by atoms with Crippen LogP contribution < -0.4 is 11.0 Å². The van der Waals surface area contributed by atoms with Crippen LogP contribution in [0.3, 0.4) is 0 Å². The van der Waals surface area contributed by atoms with Gasteiger partial charge in [0.1, 0.15) is 18.0 Å². The van der Waals surface area contributed by atoms with Crippen LogP contribution in [0.25, 0.3) is 0 Å². The first-order chi connectivity index (χ1) is 14.6. The molecule has 0 atom stereocenters. The van der Waals surface area contributed by atoms with Crippen molar-refractivity contribution < 1.29 is 14.3 Å². The number of carbonyl (C=O) groups is 2. The smallest absolute Gasteiger partial charge is 0.410 e. The Morgan fingerprint density at radius 2 is 2.00 bits per heavy atom. The fourth-order valence-corrected chi connectivity index (χ4v) is 3.49. The number of ether oxygens (including phenoxy) is 1. The lowest BCUT2D eigenvalue weighted by molar-refractivity contribution is -0.117. The third-order valence-electron chi connectivity index (χ3n) is 4.91. The fraction of sp³-hybridized carbons (Fsp3) is 0.545. The largest absolute Gasteiger partial charge is 0.444 e. The van der Waals surface area contributed by atoms with Gasteiger partial charge in [-0.05, 0) is 51.3 Å². The average molecular weight is 430 g/mol. The summed E-state index contributed by atoms with van der Waals surface area (Å²) >= 11 is 0. The predicted octanol–water partition coefficient (Wildman–Crippen LogP) is 2.78. The van der Waals surface area contributed by atoms with Crippen LogP contribution in [-0.4, -0.2) is 43.9 Å². The monoisotopic (exact) mass is 429 g/mol. The van der Waals surface area contributed by atoms with Gasteiger partial charge >= 0.3 is 11.8 Å².